The van der Waals surface area contributed by atoms with Gasteiger partial charge in [-0.05, 0) is 18.9 Å². The fourth-order valence-electron chi connectivity index (χ4n) is 2.38. The normalized spacial score (nSPS) is 34.6. The zero-order chi connectivity index (χ0) is 11.5. The summed E-state index contributed by atoms with van der Waals surface area (Å²) in [6.45, 7) is 4.46. The summed E-state index contributed by atoms with van der Waals surface area (Å²) in [5.41, 5.74) is 0. The van der Waals surface area contributed by atoms with Gasteiger partial charge in [-0.3, -0.25) is 9.59 Å². The predicted octanol–water partition coefficient (Wildman–Crippen LogP) is -0.763. The molecule has 2 fully saturated rings. The number of carbonyl (C=O) groups is 2. The Morgan fingerprint density at radius 3 is 2.81 bits per heavy atom. The Hall–Kier alpha value is -1.10. The quantitative estimate of drug-likeness (QED) is 0.578. The largest absolute Gasteiger partial charge is 0.354 e. The minimum Gasteiger partial charge on any atom is -0.354 e. The topological polar surface area (TPSA) is 70.2 Å². The van der Waals surface area contributed by atoms with Gasteiger partial charge in [0, 0.05) is 19.5 Å². The Morgan fingerprint density at radius 1 is 1.38 bits per heavy atom. The molecule has 0 aliphatic carbocycles. The van der Waals surface area contributed by atoms with Crippen molar-refractivity contribution < 1.29 is 9.59 Å². The van der Waals surface area contributed by atoms with E-state index in [1.165, 1.54) is 0 Å². The van der Waals surface area contributed by atoms with Gasteiger partial charge in [0.05, 0.1) is 12.0 Å². The molecule has 0 saturated carbocycles. The molecule has 0 aromatic rings. The first-order chi connectivity index (χ1) is 7.65. The van der Waals surface area contributed by atoms with Crippen molar-refractivity contribution in [3.63, 3.8) is 0 Å². The van der Waals surface area contributed by atoms with Gasteiger partial charge in [-0.1, -0.05) is 6.92 Å². The summed E-state index contributed by atoms with van der Waals surface area (Å²) >= 11 is 0. The van der Waals surface area contributed by atoms with Gasteiger partial charge in [0.15, 0.2) is 0 Å². The molecule has 0 aromatic heterocycles. The van der Waals surface area contributed by atoms with E-state index in [0.29, 0.717) is 18.9 Å². The van der Waals surface area contributed by atoms with Crippen molar-refractivity contribution in [2.45, 2.75) is 25.8 Å². The van der Waals surface area contributed by atoms with Crippen LogP contribution in [0.15, 0.2) is 0 Å². The summed E-state index contributed by atoms with van der Waals surface area (Å²) in [5.74, 6) is 0.716. The van der Waals surface area contributed by atoms with Gasteiger partial charge in [-0.15, -0.1) is 0 Å². The third-order valence-electron chi connectivity index (χ3n) is 3.27. The Bertz CT molecular complexity index is 293. The van der Waals surface area contributed by atoms with Crippen molar-refractivity contribution in [3.05, 3.63) is 0 Å². The predicted molar refractivity (Wildman–Crippen MR) is 59.7 cm³/mol. The molecule has 2 aliphatic heterocycles. The molecule has 2 amide bonds. The van der Waals surface area contributed by atoms with E-state index in [2.05, 4.69) is 22.9 Å². The van der Waals surface area contributed by atoms with E-state index in [4.69, 9.17) is 0 Å². The molecule has 5 heteroatoms. The van der Waals surface area contributed by atoms with Crippen LogP contribution < -0.4 is 16.0 Å². The minimum atomic E-state index is -0.0165. The van der Waals surface area contributed by atoms with E-state index in [0.717, 1.165) is 19.5 Å². The number of rotatable bonds is 2. The SMILES string of the molecule is CC1CNCC(C(=O)NC2CNC(=O)C2)C1. The first-order valence-electron chi connectivity index (χ1n) is 5.93. The highest BCUT2D eigenvalue weighted by molar-refractivity contribution is 5.83. The van der Waals surface area contributed by atoms with Gasteiger partial charge < -0.3 is 16.0 Å². The third kappa shape index (κ3) is 2.72. The molecule has 0 radical (unpaired) electrons. The van der Waals surface area contributed by atoms with Gasteiger partial charge in [0.2, 0.25) is 11.8 Å². The van der Waals surface area contributed by atoms with Crippen molar-refractivity contribution in [1.29, 1.82) is 0 Å². The number of hydrogen-bond donors (Lipinski definition) is 3. The van der Waals surface area contributed by atoms with Crippen LogP contribution in [0.3, 0.4) is 0 Å². The second kappa shape index (κ2) is 4.82. The molecule has 16 heavy (non-hydrogen) atoms. The fourth-order valence-corrected chi connectivity index (χ4v) is 2.38. The minimum absolute atomic E-state index is 0.0165. The molecule has 2 aliphatic rings. The second-order valence-electron chi connectivity index (χ2n) is 4.91. The number of piperidine rings is 1. The molecule has 3 N–H and O–H groups in total. The van der Waals surface area contributed by atoms with Crippen LogP contribution in [0.25, 0.3) is 0 Å². The molecule has 2 saturated heterocycles. The zero-order valence-corrected chi connectivity index (χ0v) is 9.58. The van der Waals surface area contributed by atoms with Crippen LogP contribution in [0.5, 0.6) is 0 Å². The van der Waals surface area contributed by atoms with Crippen LogP contribution >= 0.6 is 0 Å². The van der Waals surface area contributed by atoms with E-state index in [-0.39, 0.29) is 23.8 Å². The summed E-state index contributed by atoms with van der Waals surface area (Å²) in [4.78, 5) is 22.9. The lowest BCUT2D eigenvalue weighted by Gasteiger charge is -2.27. The van der Waals surface area contributed by atoms with Crippen LogP contribution in [0.1, 0.15) is 19.8 Å². The van der Waals surface area contributed by atoms with Gasteiger partial charge >= 0.3 is 0 Å². The van der Waals surface area contributed by atoms with Crippen molar-refractivity contribution in [3.8, 4) is 0 Å². The number of amides is 2. The Balaban J connectivity index is 1.80. The first-order valence-corrected chi connectivity index (χ1v) is 5.93. The Kier molecular flexibility index (Phi) is 3.43. The van der Waals surface area contributed by atoms with E-state index >= 15 is 0 Å². The van der Waals surface area contributed by atoms with E-state index in [1.807, 2.05) is 0 Å². The molecule has 2 heterocycles. The van der Waals surface area contributed by atoms with Crippen LogP contribution in [-0.4, -0.2) is 37.5 Å². The van der Waals surface area contributed by atoms with Crippen molar-refractivity contribution in [2.75, 3.05) is 19.6 Å². The summed E-state index contributed by atoms with van der Waals surface area (Å²) in [6.07, 6.45) is 1.36. The Morgan fingerprint density at radius 2 is 2.19 bits per heavy atom. The highest BCUT2D eigenvalue weighted by Gasteiger charge is 2.28. The maximum atomic E-state index is 11.9. The van der Waals surface area contributed by atoms with Crippen LogP contribution in [0.2, 0.25) is 0 Å². The van der Waals surface area contributed by atoms with Crippen molar-refractivity contribution in [1.82, 2.24) is 16.0 Å². The van der Waals surface area contributed by atoms with Gasteiger partial charge in [-0.2, -0.15) is 0 Å². The van der Waals surface area contributed by atoms with Crippen LogP contribution in [-0.2, 0) is 9.59 Å². The molecular formula is C11H19N3O2. The Labute approximate surface area is 95.3 Å². The van der Waals surface area contributed by atoms with Crippen molar-refractivity contribution in [2.24, 2.45) is 11.8 Å². The fraction of sp³-hybridized carbons (Fsp3) is 0.818. The lowest BCUT2D eigenvalue weighted by Crippen LogP contribution is -2.46. The number of nitrogens with one attached hydrogen (secondary N) is 3. The zero-order valence-electron chi connectivity index (χ0n) is 9.58. The first kappa shape index (κ1) is 11.4. The van der Waals surface area contributed by atoms with E-state index in [9.17, 15) is 9.59 Å². The number of hydrogen-bond acceptors (Lipinski definition) is 3. The average molecular weight is 225 g/mol. The summed E-state index contributed by atoms with van der Waals surface area (Å²) < 4.78 is 0. The van der Waals surface area contributed by atoms with Gasteiger partial charge in [-0.25, -0.2) is 0 Å². The summed E-state index contributed by atoms with van der Waals surface area (Å²) in [6, 6.07) is -0.0165. The summed E-state index contributed by atoms with van der Waals surface area (Å²) in [7, 11) is 0. The van der Waals surface area contributed by atoms with Crippen LogP contribution in [0, 0.1) is 11.8 Å². The smallest absolute Gasteiger partial charge is 0.224 e. The maximum absolute atomic E-state index is 11.9. The molecule has 3 unspecified atom stereocenters. The maximum Gasteiger partial charge on any atom is 0.224 e. The van der Waals surface area contributed by atoms with Gasteiger partial charge in [0.1, 0.15) is 0 Å². The van der Waals surface area contributed by atoms with E-state index in [1.54, 1.807) is 0 Å². The molecule has 90 valence electrons. The van der Waals surface area contributed by atoms with Crippen LogP contribution in [0.4, 0.5) is 0 Å². The lowest BCUT2D eigenvalue weighted by atomic mass is 9.91. The molecule has 0 spiro atoms. The lowest BCUT2D eigenvalue weighted by molar-refractivity contribution is -0.126. The molecule has 0 bridgehead atoms. The molecule has 0 aromatic carbocycles. The van der Waals surface area contributed by atoms with E-state index < -0.39 is 0 Å². The van der Waals surface area contributed by atoms with Crippen molar-refractivity contribution >= 4 is 11.8 Å². The van der Waals surface area contributed by atoms with Gasteiger partial charge in [0.25, 0.3) is 0 Å². The highest BCUT2D eigenvalue weighted by atomic mass is 16.2. The monoisotopic (exact) mass is 225 g/mol. The standard InChI is InChI=1S/C11H19N3O2/c1-7-2-8(5-12-4-7)11(16)14-9-3-10(15)13-6-9/h7-9,12H,2-6H2,1H3,(H,13,15)(H,14,16). The number of carbonyl (C=O) groups excluding carboxylic acids is 2. The molecule has 2 rings (SSSR count). The average Bonchev–Trinajstić information content (AvgIpc) is 2.64. The molecule has 5 nitrogen and oxygen atoms in total. The third-order valence-corrected chi connectivity index (χ3v) is 3.27. The molecular weight excluding hydrogens is 206 g/mol. The highest BCUT2D eigenvalue weighted by Crippen LogP contribution is 2.16. The second-order valence-corrected chi connectivity index (χ2v) is 4.91. The molecule has 3 atom stereocenters. The summed E-state index contributed by atoms with van der Waals surface area (Å²) in [5, 5.41) is 8.91.